The fraction of sp³-hybridized carbons (Fsp3) is 0.364. The Labute approximate surface area is 165 Å². The summed E-state index contributed by atoms with van der Waals surface area (Å²) in [4.78, 5) is 26.9. The molecule has 148 valence electrons. The van der Waals surface area contributed by atoms with Gasteiger partial charge in [0, 0.05) is 7.05 Å². The number of para-hydroxylation sites is 2. The standard InChI is InChI=1S/C22H27N3O3/c1-15(2)21(16-9-5-4-6-10-16)24-20(26)14-25-13-19(22(27)23-3)28-18-12-8-7-11-17(18)25/h4-12,15,19,21H,13-14H2,1-3H3,(H,23,27)(H,24,26). The first kappa shape index (κ1) is 19.7. The second kappa shape index (κ2) is 8.78. The Bertz CT molecular complexity index is 823. The maximum absolute atomic E-state index is 12.9. The zero-order chi connectivity index (χ0) is 20.1. The van der Waals surface area contributed by atoms with Crippen molar-refractivity contribution in [3.8, 4) is 5.75 Å². The van der Waals surface area contributed by atoms with Crippen LogP contribution in [0, 0.1) is 5.92 Å². The number of anilines is 1. The Morgan fingerprint density at radius 3 is 2.46 bits per heavy atom. The topological polar surface area (TPSA) is 70.7 Å². The van der Waals surface area contributed by atoms with Gasteiger partial charge in [-0.25, -0.2) is 0 Å². The molecular weight excluding hydrogens is 354 g/mol. The van der Waals surface area contributed by atoms with E-state index in [9.17, 15) is 9.59 Å². The number of hydrogen-bond donors (Lipinski definition) is 2. The van der Waals surface area contributed by atoms with Gasteiger partial charge in [-0.2, -0.15) is 0 Å². The van der Waals surface area contributed by atoms with Crippen LogP contribution < -0.4 is 20.3 Å². The van der Waals surface area contributed by atoms with Crippen molar-refractivity contribution < 1.29 is 14.3 Å². The number of rotatable bonds is 6. The van der Waals surface area contributed by atoms with E-state index in [1.54, 1.807) is 7.05 Å². The highest BCUT2D eigenvalue weighted by atomic mass is 16.5. The predicted molar refractivity (Wildman–Crippen MR) is 109 cm³/mol. The molecule has 0 aliphatic carbocycles. The molecule has 0 bridgehead atoms. The summed E-state index contributed by atoms with van der Waals surface area (Å²) in [7, 11) is 1.58. The molecule has 0 aromatic heterocycles. The second-order valence-electron chi connectivity index (χ2n) is 7.27. The zero-order valence-corrected chi connectivity index (χ0v) is 16.5. The molecule has 0 spiro atoms. The Morgan fingerprint density at radius 1 is 1.11 bits per heavy atom. The van der Waals surface area contributed by atoms with Crippen LogP contribution in [0.15, 0.2) is 54.6 Å². The minimum atomic E-state index is -0.650. The van der Waals surface area contributed by atoms with Gasteiger partial charge in [0.25, 0.3) is 5.91 Å². The van der Waals surface area contributed by atoms with Gasteiger partial charge in [-0.05, 0) is 23.6 Å². The number of nitrogens with zero attached hydrogens (tertiary/aromatic N) is 1. The molecule has 6 heteroatoms. The SMILES string of the molecule is CNC(=O)C1CN(CC(=O)NC(c2ccccc2)C(C)C)c2ccccc2O1. The molecule has 0 saturated heterocycles. The molecule has 0 fully saturated rings. The van der Waals surface area contributed by atoms with Crippen molar-refractivity contribution in [3.63, 3.8) is 0 Å². The van der Waals surface area contributed by atoms with E-state index in [1.807, 2.05) is 59.5 Å². The van der Waals surface area contributed by atoms with Crippen LogP contribution in [0.1, 0.15) is 25.5 Å². The number of amides is 2. The smallest absolute Gasteiger partial charge is 0.262 e. The zero-order valence-electron chi connectivity index (χ0n) is 16.5. The van der Waals surface area contributed by atoms with Gasteiger partial charge >= 0.3 is 0 Å². The predicted octanol–water partition coefficient (Wildman–Crippen LogP) is 2.51. The molecule has 1 heterocycles. The fourth-order valence-electron chi connectivity index (χ4n) is 3.44. The van der Waals surface area contributed by atoms with Crippen molar-refractivity contribution in [2.75, 3.05) is 25.0 Å². The molecule has 28 heavy (non-hydrogen) atoms. The summed E-state index contributed by atoms with van der Waals surface area (Å²) in [6, 6.07) is 17.4. The normalized spacial score (nSPS) is 16.7. The van der Waals surface area contributed by atoms with Gasteiger partial charge in [0.2, 0.25) is 5.91 Å². The van der Waals surface area contributed by atoms with Crippen LogP contribution in [0.4, 0.5) is 5.69 Å². The van der Waals surface area contributed by atoms with Crippen LogP contribution in [-0.2, 0) is 9.59 Å². The Hall–Kier alpha value is -3.02. The summed E-state index contributed by atoms with van der Waals surface area (Å²) in [5.41, 5.74) is 1.90. The lowest BCUT2D eigenvalue weighted by Gasteiger charge is -2.35. The van der Waals surface area contributed by atoms with Gasteiger partial charge in [-0.15, -0.1) is 0 Å². The van der Waals surface area contributed by atoms with E-state index in [0.29, 0.717) is 12.3 Å². The molecule has 0 radical (unpaired) electrons. The van der Waals surface area contributed by atoms with E-state index >= 15 is 0 Å². The minimum Gasteiger partial charge on any atom is -0.477 e. The molecule has 2 N–H and O–H groups in total. The molecular formula is C22H27N3O3. The summed E-state index contributed by atoms with van der Waals surface area (Å²) in [6.45, 7) is 4.65. The third-order valence-electron chi connectivity index (χ3n) is 4.88. The first-order valence-corrected chi connectivity index (χ1v) is 9.56. The second-order valence-corrected chi connectivity index (χ2v) is 7.27. The van der Waals surface area contributed by atoms with Crippen molar-refractivity contribution in [1.82, 2.24) is 10.6 Å². The number of likely N-dealkylation sites (N-methyl/N-ethyl adjacent to an activating group) is 1. The molecule has 2 unspecified atom stereocenters. The van der Waals surface area contributed by atoms with Gasteiger partial charge in [-0.3, -0.25) is 9.59 Å². The number of fused-ring (bicyclic) bond motifs is 1. The lowest BCUT2D eigenvalue weighted by atomic mass is 9.96. The van der Waals surface area contributed by atoms with E-state index in [4.69, 9.17) is 4.74 Å². The Kier molecular flexibility index (Phi) is 6.19. The summed E-state index contributed by atoms with van der Waals surface area (Å²) in [5.74, 6) is 0.569. The van der Waals surface area contributed by atoms with E-state index in [1.165, 1.54) is 0 Å². The van der Waals surface area contributed by atoms with Gasteiger partial charge in [0.05, 0.1) is 24.8 Å². The molecule has 2 aromatic rings. The van der Waals surface area contributed by atoms with Crippen LogP contribution in [0.2, 0.25) is 0 Å². The van der Waals surface area contributed by atoms with Crippen LogP contribution in [0.3, 0.4) is 0 Å². The van der Waals surface area contributed by atoms with Crippen molar-refractivity contribution in [1.29, 1.82) is 0 Å². The first-order chi connectivity index (χ1) is 13.5. The van der Waals surface area contributed by atoms with Crippen molar-refractivity contribution in [3.05, 3.63) is 60.2 Å². The largest absolute Gasteiger partial charge is 0.477 e. The highest BCUT2D eigenvalue weighted by Crippen LogP contribution is 2.33. The van der Waals surface area contributed by atoms with E-state index in [2.05, 4.69) is 24.5 Å². The molecule has 2 atom stereocenters. The average Bonchev–Trinajstić information content (AvgIpc) is 2.71. The van der Waals surface area contributed by atoms with Crippen molar-refractivity contribution >= 4 is 17.5 Å². The number of benzene rings is 2. The molecule has 6 nitrogen and oxygen atoms in total. The third kappa shape index (κ3) is 4.44. The van der Waals surface area contributed by atoms with Crippen molar-refractivity contribution in [2.45, 2.75) is 26.0 Å². The highest BCUT2D eigenvalue weighted by molar-refractivity contribution is 5.86. The maximum atomic E-state index is 12.9. The number of nitrogens with one attached hydrogen (secondary N) is 2. The van der Waals surface area contributed by atoms with Gasteiger partial charge in [0.1, 0.15) is 5.75 Å². The number of carbonyl (C=O) groups excluding carboxylic acids is 2. The monoisotopic (exact) mass is 381 g/mol. The molecule has 1 aliphatic heterocycles. The quantitative estimate of drug-likeness (QED) is 0.807. The lowest BCUT2D eigenvalue weighted by molar-refractivity contribution is -0.128. The first-order valence-electron chi connectivity index (χ1n) is 9.56. The lowest BCUT2D eigenvalue weighted by Crippen LogP contribution is -2.51. The summed E-state index contributed by atoms with van der Waals surface area (Å²) < 4.78 is 5.80. The molecule has 3 rings (SSSR count). The van der Waals surface area contributed by atoms with Crippen LogP contribution in [0.5, 0.6) is 5.75 Å². The van der Waals surface area contributed by atoms with Crippen molar-refractivity contribution in [2.24, 2.45) is 5.92 Å². The molecule has 2 amide bonds. The van der Waals surface area contributed by atoms with E-state index < -0.39 is 6.10 Å². The Balaban J connectivity index is 1.75. The summed E-state index contributed by atoms with van der Waals surface area (Å²) >= 11 is 0. The number of carbonyl (C=O) groups is 2. The van der Waals surface area contributed by atoms with Crippen LogP contribution >= 0.6 is 0 Å². The summed E-state index contributed by atoms with van der Waals surface area (Å²) in [6.07, 6.45) is -0.650. The van der Waals surface area contributed by atoms with Gasteiger partial charge in [-0.1, -0.05) is 56.3 Å². The van der Waals surface area contributed by atoms with Gasteiger partial charge < -0.3 is 20.3 Å². The molecule has 1 aliphatic rings. The minimum absolute atomic E-state index is 0.0697. The fourth-order valence-corrected chi connectivity index (χ4v) is 3.44. The number of ether oxygens (including phenoxy) is 1. The molecule has 0 saturated carbocycles. The number of hydrogen-bond acceptors (Lipinski definition) is 4. The third-order valence-corrected chi connectivity index (χ3v) is 4.88. The van der Waals surface area contributed by atoms with E-state index in [0.717, 1.165) is 11.3 Å². The molecule has 2 aromatic carbocycles. The van der Waals surface area contributed by atoms with Crippen LogP contribution in [0.25, 0.3) is 0 Å². The Morgan fingerprint density at radius 2 is 1.79 bits per heavy atom. The van der Waals surface area contributed by atoms with Crippen LogP contribution in [-0.4, -0.2) is 38.1 Å². The average molecular weight is 381 g/mol. The van der Waals surface area contributed by atoms with E-state index in [-0.39, 0.29) is 30.3 Å². The summed E-state index contributed by atoms with van der Waals surface area (Å²) in [5, 5.41) is 5.76. The van der Waals surface area contributed by atoms with Gasteiger partial charge in [0.15, 0.2) is 6.10 Å². The maximum Gasteiger partial charge on any atom is 0.262 e. The highest BCUT2D eigenvalue weighted by Gasteiger charge is 2.31.